The van der Waals surface area contributed by atoms with E-state index in [1.165, 1.54) is 6.26 Å². The Bertz CT molecular complexity index is 609. The van der Waals surface area contributed by atoms with E-state index in [1.807, 2.05) is 13.0 Å². The van der Waals surface area contributed by atoms with Gasteiger partial charge in [-0.15, -0.1) is 0 Å². The number of nitrogens with one attached hydrogen (secondary N) is 2. The van der Waals surface area contributed by atoms with E-state index < -0.39 is 10.0 Å². The summed E-state index contributed by atoms with van der Waals surface area (Å²) < 4.78 is 25.1. The van der Waals surface area contributed by atoms with Gasteiger partial charge in [-0.1, -0.05) is 13.3 Å². The molecular weight excluding hydrogens is 302 g/mol. The minimum Gasteiger partial charge on any atom is -0.354 e. The summed E-state index contributed by atoms with van der Waals surface area (Å²) in [5.41, 5.74) is 1.58. The second kappa shape index (κ2) is 7.28. The molecule has 7 heteroatoms. The number of piperidine rings is 1. The first-order valence-electron chi connectivity index (χ1n) is 7.84. The summed E-state index contributed by atoms with van der Waals surface area (Å²) in [5.74, 6) is -0.138. The highest BCUT2D eigenvalue weighted by Crippen LogP contribution is 2.21. The molecule has 1 atom stereocenters. The Morgan fingerprint density at radius 1 is 1.41 bits per heavy atom. The number of sulfonamides is 1. The maximum Gasteiger partial charge on any atom is 0.267 e. The van der Waals surface area contributed by atoms with E-state index in [0.29, 0.717) is 25.2 Å². The van der Waals surface area contributed by atoms with Crippen LogP contribution in [-0.2, 0) is 16.4 Å². The molecule has 0 radical (unpaired) electrons. The molecule has 1 aromatic heterocycles. The Kier molecular flexibility index (Phi) is 5.63. The average molecular weight is 327 g/mol. The van der Waals surface area contributed by atoms with Crippen LogP contribution in [-0.4, -0.2) is 49.0 Å². The van der Waals surface area contributed by atoms with Gasteiger partial charge < -0.3 is 10.3 Å². The molecule has 1 amide bonds. The van der Waals surface area contributed by atoms with Crippen molar-refractivity contribution in [2.75, 3.05) is 19.3 Å². The van der Waals surface area contributed by atoms with Crippen LogP contribution in [0.3, 0.4) is 0 Å². The predicted molar refractivity (Wildman–Crippen MR) is 86.3 cm³/mol. The lowest BCUT2D eigenvalue weighted by Crippen LogP contribution is -2.44. The molecule has 0 aliphatic carbocycles. The van der Waals surface area contributed by atoms with Gasteiger partial charge >= 0.3 is 0 Å². The Hall–Kier alpha value is -1.34. The Labute approximate surface area is 132 Å². The number of carbonyl (C=O) groups excluding carboxylic acids is 1. The molecule has 0 unspecified atom stereocenters. The zero-order valence-electron chi connectivity index (χ0n) is 13.3. The summed E-state index contributed by atoms with van der Waals surface area (Å²) in [7, 11) is -3.16. The molecule has 1 aliphatic heterocycles. The van der Waals surface area contributed by atoms with Gasteiger partial charge in [-0.2, -0.15) is 4.31 Å². The summed E-state index contributed by atoms with van der Waals surface area (Å²) >= 11 is 0. The van der Waals surface area contributed by atoms with Gasteiger partial charge in [0, 0.05) is 24.8 Å². The molecule has 22 heavy (non-hydrogen) atoms. The summed E-state index contributed by atoms with van der Waals surface area (Å²) in [6.45, 7) is 3.10. The van der Waals surface area contributed by atoms with Crippen molar-refractivity contribution in [3.63, 3.8) is 0 Å². The van der Waals surface area contributed by atoms with Gasteiger partial charge in [0.05, 0.1) is 6.26 Å². The third kappa shape index (κ3) is 4.33. The van der Waals surface area contributed by atoms with E-state index in [4.69, 9.17) is 0 Å². The molecule has 1 saturated heterocycles. The van der Waals surface area contributed by atoms with Gasteiger partial charge in [-0.25, -0.2) is 8.42 Å². The fourth-order valence-corrected chi connectivity index (χ4v) is 4.14. The summed E-state index contributed by atoms with van der Waals surface area (Å²) in [6.07, 6.45) is 5.60. The molecule has 0 saturated carbocycles. The van der Waals surface area contributed by atoms with Crippen molar-refractivity contribution in [1.29, 1.82) is 0 Å². The van der Waals surface area contributed by atoms with E-state index >= 15 is 0 Å². The molecule has 2 N–H and O–H groups in total. The molecule has 0 aromatic carbocycles. The SMILES string of the molecule is CCc1ccc(C(=O)NCC[C@@H]2CCCCN2S(C)(=O)=O)[nH]1. The monoisotopic (exact) mass is 327 g/mol. The maximum absolute atomic E-state index is 12.0. The summed E-state index contributed by atoms with van der Waals surface area (Å²) in [5, 5.41) is 2.86. The van der Waals surface area contributed by atoms with Crippen LogP contribution in [0.4, 0.5) is 0 Å². The van der Waals surface area contributed by atoms with Crippen molar-refractivity contribution in [1.82, 2.24) is 14.6 Å². The van der Waals surface area contributed by atoms with Crippen molar-refractivity contribution < 1.29 is 13.2 Å². The molecule has 1 fully saturated rings. The minimum absolute atomic E-state index is 0.00102. The maximum atomic E-state index is 12.0. The second-order valence-corrected chi connectivity index (χ2v) is 7.75. The van der Waals surface area contributed by atoms with Crippen molar-refractivity contribution >= 4 is 15.9 Å². The quantitative estimate of drug-likeness (QED) is 0.831. The van der Waals surface area contributed by atoms with Crippen LogP contribution in [0.5, 0.6) is 0 Å². The average Bonchev–Trinajstić information content (AvgIpc) is 2.95. The Morgan fingerprint density at radius 2 is 2.18 bits per heavy atom. The zero-order chi connectivity index (χ0) is 16.2. The number of rotatable bonds is 6. The van der Waals surface area contributed by atoms with Crippen molar-refractivity contribution in [2.45, 2.75) is 45.1 Å². The van der Waals surface area contributed by atoms with Gasteiger partial charge in [0.15, 0.2) is 0 Å². The lowest BCUT2D eigenvalue weighted by Gasteiger charge is -2.33. The zero-order valence-corrected chi connectivity index (χ0v) is 14.1. The number of H-pyrrole nitrogens is 1. The van der Waals surface area contributed by atoms with Crippen LogP contribution in [0.2, 0.25) is 0 Å². The number of amides is 1. The van der Waals surface area contributed by atoms with Crippen LogP contribution < -0.4 is 5.32 Å². The standard InChI is InChI=1S/C15H25N3O3S/c1-3-12-7-8-14(17-12)15(19)16-10-9-13-6-4-5-11-18(13)22(2,20)21/h7-8,13,17H,3-6,9-11H2,1-2H3,(H,16,19)/t13-/m0/s1. The van der Waals surface area contributed by atoms with Gasteiger partial charge in [0.25, 0.3) is 5.91 Å². The van der Waals surface area contributed by atoms with Crippen molar-refractivity contribution in [3.8, 4) is 0 Å². The summed E-state index contributed by atoms with van der Waals surface area (Å²) in [4.78, 5) is 15.1. The molecule has 1 aliphatic rings. The van der Waals surface area contributed by atoms with Crippen LogP contribution in [0.15, 0.2) is 12.1 Å². The number of nitrogens with zero attached hydrogens (tertiary/aromatic N) is 1. The molecular formula is C15H25N3O3S. The van der Waals surface area contributed by atoms with E-state index in [2.05, 4.69) is 10.3 Å². The topological polar surface area (TPSA) is 82.3 Å². The first-order valence-corrected chi connectivity index (χ1v) is 9.69. The van der Waals surface area contributed by atoms with Gasteiger partial charge in [-0.05, 0) is 37.8 Å². The normalized spacial score (nSPS) is 20.0. The highest BCUT2D eigenvalue weighted by atomic mass is 32.2. The second-order valence-electron chi connectivity index (χ2n) is 5.82. The number of carbonyl (C=O) groups is 1. The van der Waals surface area contributed by atoms with Crippen LogP contribution >= 0.6 is 0 Å². The molecule has 2 rings (SSSR count). The smallest absolute Gasteiger partial charge is 0.267 e. The minimum atomic E-state index is -3.16. The number of hydrogen-bond donors (Lipinski definition) is 2. The molecule has 2 heterocycles. The van der Waals surface area contributed by atoms with Gasteiger partial charge in [-0.3, -0.25) is 4.79 Å². The number of aromatic nitrogens is 1. The van der Waals surface area contributed by atoms with Crippen LogP contribution in [0, 0.1) is 0 Å². The van der Waals surface area contributed by atoms with Gasteiger partial charge in [0.1, 0.15) is 5.69 Å². The van der Waals surface area contributed by atoms with Gasteiger partial charge in [0.2, 0.25) is 10.0 Å². The van der Waals surface area contributed by atoms with Crippen LogP contribution in [0.25, 0.3) is 0 Å². The van der Waals surface area contributed by atoms with Crippen LogP contribution in [0.1, 0.15) is 48.8 Å². The molecule has 0 bridgehead atoms. The molecule has 124 valence electrons. The predicted octanol–water partition coefficient (Wildman–Crippen LogP) is 1.51. The lowest BCUT2D eigenvalue weighted by molar-refractivity contribution is 0.0945. The van der Waals surface area contributed by atoms with E-state index in [-0.39, 0.29) is 11.9 Å². The number of aryl methyl sites for hydroxylation is 1. The van der Waals surface area contributed by atoms with E-state index in [9.17, 15) is 13.2 Å². The number of aromatic amines is 1. The first-order chi connectivity index (χ1) is 10.4. The Morgan fingerprint density at radius 3 is 2.82 bits per heavy atom. The molecule has 1 aromatic rings. The summed E-state index contributed by atoms with van der Waals surface area (Å²) in [6, 6.07) is 3.68. The first kappa shape index (κ1) is 17.0. The van der Waals surface area contributed by atoms with Crippen molar-refractivity contribution in [3.05, 3.63) is 23.5 Å². The number of hydrogen-bond acceptors (Lipinski definition) is 3. The molecule has 6 nitrogen and oxygen atoms in total. The highest BCUT2D eigenvalue weighted by Gasteiger charge is 2.28. The Balaban J connectivity index is 1.85. The fourth-order valence-electron chi connectivity index (χ4n) is 2.93. The largest absolute Gasteiger partial charge is 0.354 e. The molecule has 0 spiro atoms. The highest BCUT2D eigenvalue weighted by molar-refractivity contribution is 7.88. The fraction of sp³-hybridized carbons (Fsp3) is 0.667. The van der Waals surface area contributed by atoms with E-state index in [1.54, 1.807) is 10.4 Å². The van der Waals surface area contributed by atoms with Crippen molar-refractivity contribution in [2.24, 2.45) is 0 Å². The lowest BCUT2D eigenvalue weighted by atomic mass is 10.0. The third-order valence-electron chi connectivity index (χ3n) is 4.13. The van der Waals surface area contributed by atoms with E-state index in [0.717, 1.165) is 31.4 Å². The third-order valence-corrected chi connectivity index (χ3v) is 5.47.